The Kier molecular flexibility index (Phi) is 10.2. The van der Waals surface area contributed by atoms with Crippen molar-refractivity contribution in [2.75, 3.05) is 0 Å². The van der Waals surface area contributed by atoms with Crippen molar-refractivity contribution in [2.24, 2.45) is 0 Å². The van der Waals surface area contributed by atoms with Crippen molar-refractivity contribution >= 4 is 0 Å². The summed E-state index contributed by atoms with van der Waals surface area (Å²) in [6, 6.07) is 3.21. The van der Waals surface area contributed by atoms with Gasteiger partial charge in [0, 0.05) is 12.4 Å². The maximum absolute atomic E-state index is 14.6. The van der Waals surface area contributed by atoms with Gasteiger partial charge in [0.05, 0.1) is 11.7 Å². The van der Waals surface area contributed by atoms with Crippen LogP contribution in [0, 0.1) is 11.6 Å². The molecule has 0 N–H and O–H groups in total. The van der Waals surface area contributed by atoms with Crippen LogP contribution in [0.5, 0.6) is 0 Å². The molecule has 0 saturated heterocycles. The number of hydrogen-bond donors (Lipinski definition) is 0. The maximum Gasteiger partial charge on any atom is 0.170 e. The molecule has 29 heavy (non-hydrogen) atoms. The summed E-state index contributed by atoms with van der Waals surface area (Å²) in [5.74, 6) is -1.51. The topological polar surface area (TPSA) is 25.8 Å². The third-order valence-corrected chi connectivity index (χ3v) is 5.23. The summed E-state index contributed by atoms with van der Waals surface area (Å²) >= 11 is 0. The molecule has 0 bridgehead atoms. The minimum absolute atomic E-state index is 0.0785. The Morgan fingerprint density at radius 3 is 2.14 bits per heavy atom. The van der Waals surface area contributed by atoms with Crippen LogP contribution in [0.2, 0.25) is 0 Å². The van der Waals surface area contributed by atoms with E-state index in [9.17, 15) is 13.2 Å². The van der Waals surface area contributed by atoms with Gasteiger partial charge < -0.3 is 0 Å². The second-order valence-electron chi connectivity index (χ2n) is 7.86. The molecule has 2 rings (SSSR count). The fraction of sp³-hybridized carbons (Fsp3) is 0.583. The van der Waals surface area contributed by atoms with Crippen molar-refractivity contribution in [3.8, 4) is 11.4 Å². The molecular formula is C24H33F3N2. The second-order valence-corrected chi connectivity index (χ2v) is 7.86. The first-order valence-corrected chi connectivity index (χ1v) is 10.9. The number of aryl methyl sites for hydroxylation is 2. The zero-order valence-corrected chi connectivity index (χ0v) is 17.7. The Labute approximate surface area is 173 Å². The van der Waals surface area contributed by atoms with Gasteiger partial charge in [0.25, 0.3) is 0 Å². The molecule has 2 aromatic rings. The van der Waals surface area contributed by atoms with E-state index in [-0.39, 0.29) is 11.4 Å². The molecule has 5 heteroatoms. The van der Waals surface area contributed by atoms with Crippen LogP contribution in [-0.4, -0.2) is 16.1 Å². The van der Waals surface area contributed by atoms with Gasteiger partial charge in [-0.05, 0) is 56.2 Å². The molecule has 0 spiro atoms. The van der Waals surface area contributed by atoms with Crippen molar-refractivity contribution in [3.05, 3.63) is 47.3 Å². The molecule has 1 unspecified atom stereocenters. The summed E-state index contributed by atoms with van der Waals surface area (Å²) in [6.07, 6.45) is 12.8. The molecule has 1 aromatic heterocycles. The summed E-state index contributed by atoms with van der Waals surface area (Å²) in [6.45, 7) is 3.73. The third kappa shape index (κ3) is 7.79. The van der Waals surface area contributed by atoms with Crippen molar-refractivity contribution in [1.82, 2.24) is 9.97 Å². The van der Waals surface area contributed by atoms with Gasteiger partial charge in [0.2, 0.25) is 0 Å². The Hall–Kier alpha value is -1.91. The number of alkyl halides is 1. The first kappa shape index (κ1) is 23.4. The van der Waals surface area contributed by atoms with Crippen molar-refractivity contribution in [1.29, 1.82) is 0 Å². The molecule has 0 aliphatic rings. The summed E-state index contributed by atoms with van der Waals surface area (Å²) < 4.78 is 41.9. The van der Waals surface area contributed by atoms with Crippen LogP contribution >= 0.6 is 0 Å². The molecule has 0 radical (unpaired) electrons. The van der Waals surface area contributed by atoms with Crippen LogP contribution in [0.4, 0.5) is 13.2 Å². The predicted octanol–water partition coefficient (Wildman–Crippen LogP) is 7.40. The van der Waals surface area contributed by atoms with E-state index in [0.717, 1.165) is 24.8 Å². The summed E-state index contributed by atoms with van der Waals surface area (Å²) in [4.78, 5) is 8.36. The first-order chi connectivity index (χ1) is 14.0. The summed E-state index contributed by atoms with van der Waals surface area (Å²) in [7, 11) is 0. The zero-order chi connectivity index (χ0) is 21.1. The van der Waals surface area contributed by atoms with E-state index < -0.39 is 17.8 Å². The van der Waals surface area contributed by atoms with Crippen molar-refractivity contribution < 1.29 is 13.2 Å². The van der Waals surface area contributed by atoms with E-state index in [0.29, 0.717) is 31.2 Å². The summed E-state index contributed by atoms with van der Waals surface area (Å²) in [5.41, 5.74) is 1.36. The lowest BCUT2D eigenvalue weighted by Crippen LogP contribution is -2.01. The highest BCUT2D eigenvalue weighted by Gasteiger charge is 2.16. The Morgan fingerprint density at radius 1 is 0.828 bits per heavy atom. The molecule has 0 saturated carbocycles. The van der Waals surface area contributed by atoms with Gasteiger partial charge in [-0.15, -0.1) is 0 Å². The molecule has 0 fully saturated rings. The highest BCUT2D eigenvalue weighted by Crippen LogP contribution is 2.25. The second kappa shape index (κ2) is 12.6. The number of rotatable bonds is 13. The van der Waals surface area contributed by atoms with E-state index in [4.69, 9.17) is 0 Å². The van der Waals surface area contributed by atoms with Gasteiger partial charge in [-0.2, -0.15) is 0 Å². The molecule has 160 valence electrons. The smallest absolute Gasteiger partial charge is 0.170 e. The monoisotopic (exact) mass is 406 g/mol. The van der Waals surface area contributed by atoms with Crippen LogP contribution in [0.15, 0.2) is 24.5 Å². The minimum Gasteiger partial charge on any atom is -0.248 e. The van der Waals surface area contributed by atoms with E-state index in [1.165, 1.54) is 32.6 Å². The molecule has 0 amide bonds. The van der Waals surface area contributed by atoms with Gasteiger partial charge >= 0.3 is 0 Å². The van der Waals surface area contributed by atoms with E-state index in [1.54, 1.807) is 24.5 Å². The van der Waals surface area contributed by atoms with Crippen LogP contribution in [-0.2, 0) is 12.8 Å². The lowest BCUT2D eigenvalue weighted by atomic mass is 10.0. The lowest BCUT2D eigenvalue weighted by Gasteiger charge is -2.09. The Balaban J connectivity index is 1.91. The summed E-state index contributed by atoms with van der Waals surface area (Å²) in [5, 5.41) is 0. The standard InChI is InChI=1S/C24H33F3N2/c1-3-4-5-6-7-8-9-13-20-14-15-21(23(27)22(20)26)24-28-16-19(17-29-24)12-10-11-18(2)25/h14-18H,3-13H2,1-2H3. The van der Waals surface area contributed by atoms with Crippen LogP contribution in [0.3, 0.4) is 0 Å². The molecule has 1 heterocycles. The number of benzene rings is 1. The number of hydrogen-bond acceptors (Lipinski definition) is 2. The van der Waals surface area contributed by atoms with Gasteiger partial charge in [0.1, 0.15) is 0 Å². The maximum atomic E-state index is 14.6. The number of nitrogens with zero attached hydrogens (tertiary/aromatic N) is 2. The Bertz CT molecular complexity index is 730. The number of aromatic nitrogens is 2. The predicted molar refractivity (Wildman–Crippen MR) is 113 cm³/mol. The van der Waals surface area contributed by atoms with Crippen LogP contribution in [0.25, 0.3) is 11.4 Å². The quantitative estimate of drug-likeness (QED) is 0.324. The van der Waals surface area contributed by atoms with E-state index in [2.05, 4.69) is 16.9 Å². The SMILES string of the molecule is CCCCCCCCCc1ccc(-c2ncc(CCCC(C)F)cn2)c(F)c1F. The van der Waals surface area contributed by atoms with E-state index >= 15 is 0 Å². The third-order valence-electron chi connectivity index (χ3n) is 5.23. The molecular weight excluding hydrogens is 373 g/mol. The lowest BCUT2D eigenvalue weighted by molar-refractivity contribution is 0.334. The number of unbranched alkanes of at least 4 members (excludes halogenated alkanes) is 6. The number of halogens is 3. The van der Waals surface area contributed by atoms with Gasteiger partial charge in [-0.1, -0.05) is 51.5 Å². The minimum atomic E-state index is -0.885. The van der Waals surface area contributed by atoms with Gasteiger partial charge in [-0.25, -0.2) is 23.1 Å². The van der Waals surface area contributed by atoms with Gasteiger partial charge in [-0.3, -0.25) is 0 Å². The van der Waals surface area contributed by atoms with Crippen LogP contribution in [0.1, 0.15) is 82.8 Å². The molecule has 1 atom stereocenters. The molecule has 2 nitrogen and oxygen atoms in total. The zero-order valence-electron chi connectivity index (χ0n) is 17.7. The van der Waals surface area contributed by atoms with Crippen molar-refractivity contribution in [3.63, 3.8) is 0 Å². The fourth-order valence-corrected chi connectivity index (χ4v) is 3.44. The average molecular weight is 407 g/mol. The normalized spacial score (nSPS) is 12.3. The van der Waals surface area contributed by atoms with Crippen LogP contribution < -0.4 is 0 Å². The molecule has 0 aliphatic carbocycles. The average Bonchev–Trinajstić information content (AvgIpc) is 2.71. The Morgan fingerprint density at radius 2 is 1.48 bits per heavy atom. The van der Waals surface area contributed by atoms with Gasteiger partial charge in [0.15, 0.2) is 17.5 Å². The van der Waals surface area contributed by atoms with E-state index in [1.807, 2.05) is 0 Å². The first-order valence-electron chi connectivity index (χ1n) is 10.9. The highest BCUT2D eigenvalue weighted by molar-refractivity contribution is 5.56. The largest absolute Gasteiger partial charge is 0.248 e. The molecule has 1 aromatic carbocycles. The highest BCUT2D eigenvalue weighted by atomic mass is 19.2. The fourth-order valence-electron chi connectivity index (χ4n) is 3.44. The van der Waals surface area contributed by atoms with Crippen molar-refractivity contribution in [2.45, 2.75) is 90.6 Å². The molecule has 0 aliphatic heterocycles.